The number of rotatable bonds is 22. The molecule has 2 atom stereocenters. The zero-order valence-electron chi connectivity index (χ0n) is 31.1. The van der Waals surface area contributed by atoms with Gasteiger partial charge in [-0.05, 0) is 12.8 Å². The van der Waals surface area contributed by atoms with Gasteiger partial charge in [-0.2, -0.15) is 158 Å². The number of aliphatic carboxylic acids is 2. The quantitative estimate of drug-likeness (QED) is 0.100. The summed E-state index contributed by atoms with van der Waals surface area (Å²) in [5.74, 6) is -140. The smallest absolute Gasteiger partial charge is 0.550 e. The second kappa shape index (κ2) is 19.8. The van der Waals surface area contributed by atoms with Crippen LogP contribution >= 0.6 is 0 Å². The molecule has 0 aliphatic heterocycles. The fourth-order valence-electron chi connectivity index (χ4n) is 4.75. The summed E-state index contributed by atoms with van der Waals surface area (Å²) in [5.41, 5.74) is 0. The van der Waals surface area contributed by atoms with Crippen LogP contribution in [0.3, 0.4) is 0 Å². The Morgan fingerprint density at radius 3 is 0.765 bits per heavy atom. The van der Waals surface area contributed by atoms with E-state index in [2.05, 4.69) is 0 Å². The first kappa shape index (κ1) is 72.0. The molecule has 0 aromatic carbocycles. The van der Waals surface area contributed by atoms with Crippen molar-refractivity contribution in [2.24, 2.45) is 5.92 Å². The summed E-state index contributed by atoms with van der Waals surface area (Å²) >= 11 is 0. The number of hydrogen-bond acceptors (Lipinski definition) is 6. The SMILES string of the molecule is O=C([O-])C(CCC(F)(F)C(F)(F)C(F)(F)C(F)(F)C(F)(F)C(F)(F)C(F)(F)C(F)(F)F)C(CCC(F)(F)C(F)(F)C(F)(F)C(F)(F)C(F)(F)C(F)(F)C(F)(F)C(F)(F)F)(C(=O)[O-])S(=O)(=O)O.[K+].[K+]. The predicted molar refractivity (Wildman–Crippen MR) is 128 cm³/mol. The van der Waals surface area contributed by atoms with Gasteiger partial charge in [0.25, 0.3) is 10.1 Å². The number of alkyl halides is 34. The van der Waals surface area contributed by atoms with Gasteiger partial charge in [0.05, 0.1) is 5.97 Å². The predicted octanol–water partition coefficient (Wildman–Crippen LogP) is 2.32. The minimum atomic E-state index is -9.44. The van der Waals surface area contributed by atoms with E-state index in [4.69, 9.17) is 0 Å². The molecule has 0 amide bonds. The average molecular weight is 1170 g/mol. The van der Waals surface area contributed by atoms with E-state index >= 15 is 0 Å². The molecule has 1 N–H and O–H groups in total. The molecule has 7 nitrogen and oxygen atoms in total. The van der Waals surface area contributed by atoms with E-state index < -0.39 is 154 Å². The van der Waals surface area contributed by atoms with Gasteiger partial charge in [-0.1, -0.05) is 0 Å². The Bertz CT molecular complexity index is 1930. The molecule has 0 fully saturated rings. The number of hydrogen-bond donors (Lipinski definition) is 1. The first-order valence-corrected chi connectivity index (χ1v) is 16.2. The largest absolute Gasteiger partial charge is 1.00 e. The fraction of sp³-hybridized carbons (Fsp3) is 0.917. The maximum Gasteiger partial charge on any atom is 1.00 e. The van der Waals surface area contributed by atoms with Crippen molar-refractivity contribution in [1.29, 1.82) is 0 Å². The van der Waals surface area contributed by atoms with Crippen LogP contribution in [-0.2, 0) is 19.7 Å². The summed E-state index contributed by atoms with van der Waals surface area (Å²) in [6.07, 6.45) is -33.4. The van der Waals surface area contributed by atoms with E-state index in [-0.39, 0.29) is 103 Å². The third-order valence-corrected chi connectivity index (χ3v) is 10.4. The zero-order valence-corrected chi connectivity index (χ0v) is 38.1. The number of carboxylic acid groups (broad SMARTS) is 2. The topological polar surface area (TPSA) is 135 Å². The van der Waals surface area contributed by atoms with E-state index in [0.717, 1.165) is 0 Å². The van der Waals surface area contributed by atoms with E-state index in [1.54, 1.807) is 0 Å². The maximum atomic E-state index is 14.5. The van der Waals surface area contributed by atoms with Gasteiger partial charge in [-0.3, -0.25) is 4.55 Å². The monoisotopic (exact) mass is 1170 g/mol. The third kappa shape index (κ3) is 10.3. The second-order valence-corrected chi connectivity index (χ2v) is 14.5. The molecule has 0 radical (unpaired) electrons. The number of carbonyl (C=O) groups is 2. The molecule has 0 saturated heterocycles. The van der Waals surface area contributed by atoms with Crippen LogP contribution in [0.4, 0.5) is 149 Å². The molecule has 0 aliphatic carbocycles. The Hall–Kier alpha value is -0.257. The van der Waals surface area contributed by atoms with E-state index in [9.17, 15) is 182 Å². The Balaban J connectivity index is -0.0000211. The van der Waals surface area contributed by atoms with Crippen LogP contribution in [0.15, 0.2) is 0 Å². The van der Waals surface area contributed by atoms with Crippen molar-refractivity contribution in [3.8, 4) is 0 Å². The fourth-order valence-corrected chi connectivity index (χ4v) is 5.89. The minimum Gasteiger partial charge on any atom is -0.550 e. The average Bonchev–Trinajstić information content (AvgIpc) is 3.06. The van der Waals surface area contributed by atoms with Gasteiger partial charge in [-0.25, -0.2) is 0 Å². The van der Waals surface area contributed by atoms with Gasteiger partial charge < -0.3 is 19.8 Å². The first-order valence-electron chi connectivity index (χ1n) is 14.8. The van der Waals surface area contributed by atoms with Crippen LogP contribution in [0.2, 0.25) is 0 Å². The number of carboxylic acids is 2. The number of carbonyl (C=O) groups excluding carboxylic acids is 2. The van der Waals surface area contributed by atoms with Crippen molar-refractivity contribution in [3.05, 3.63) is 0 Å². The summed E-state index contributed by atoms with van der Waals surface area (Å²) < 4.78 is 487. The molecule has 0 heterocycles. The van der Waals surface area contributed by atoms with Gasteiger partial charge in [0, 0.05) is 24.7 Å². The van der Waals surface area contributed by atoms with Crippen LogP contribution < -0.4 is 113 Å². The minimum absolute atomic E-state index is 0. The van der Waals surface area contributed by atoms with Crippen molar-refractivity contribution in [2.75, 3.05) is 0 Å². The summed E-state index contributed by atoms with van der Waals surface area (Å²) in [4.78, 5) is 23.2. The maximum absolute atomic E-state index is 14.5. The van der Waals surface area contributed by atoms with Crippen molar-refractivity contribution in [3.63, 3.8) is 0 Å². The van der Waals surface area contributed by atoms with E-state index in [0.29, 0.717) is 0 Å². The molecule has 2 unspecified atom stereocenters. The molecule has 0 aromatic rings. The van der Waals surface area contributed by atoms with Crippen LogP contribution in [0, 0.1) is 5.92 Å². The van der Waals surface area contributed by atoms with E-state index in [1.165, 1.54) is 0 Å². The summed E-state index contributed by atoms with van der Waals surface area (Å²) in [5, 5.41) is 23.2. The molecule has 0 rings (SSSR count). The van der Waals surface area contributed by atoms with E-state index in [1.807, 2.05) is 0 Å². The molecule has 44 heteroatoms. The van der Waals surface area contributed by atoms with Gasteiger partial charge in [0.15, 0.2) is 0 Å². The van der Waals surface area contributed by atoms with Crippen molar-refractivity contribution >= 4 is 22.1 Å². The molecule has 0 aromatic heterocycles. The van der Waals surface area contributed by atoms with Gasteiger partial charge >= 0.3 is 198 Å². The van der Waals surface area contributed by atoms with Gasteiger partial charge in [0.2, 0.25) is 0 Å². The van der Waals surface area contributed by atoms with Crippen LogP contribution in [0.1, 0.15) is 25.7 Å². The summed E-state index contributed by atoms with van der Waals surface area (Å²) in [6, 6.07) is 0. The molecule has 0 bridgehead atoms. The van der Waals surface area contributed by atoms with Crippen molar-refractivity contribution < 1.29 is 285 Å². The Morgan fingerprint density at radius 1 is 0.368 bits per heavy atom. The van der Waals surface area contributed by atoms with Crippen LogP contribution in [0.25, 0.3) is 0 Å². The molecule has 0 aliphatic rings. The zero-order chi connectivity index (χ0) is 54.6. The van der Waals surface area contributed by atoms with Gasteiger partial charge in [0.1, 0.15) is 4.75 Å². The van der Waals surface area contributed by atoms with Crippen LogP contribution in [0.5, 0.6) is 0 Å². The summed E-state index contributed by atoms with van der Waals surface area (Å²) in [7, 11) is -7.94. The molecular formula is C24H10F34K2O7S. The second-order valence-electron chi connectivity index (χ2n) is 12.9. The van der Waals surface area contributed by atoms with Crippen molar-refractivity contribution in [1.82, 2.24) is 0 Å². The normalized spacial score (nSPS) is 17.2. The standard InChI is InChI=1S/C24H12F34O7S.2K/c25-9(26,11(29,30)13(33,34)15(37,38)17(41,42)19(45,46)21(49,50)23(53,54)55)2-1-5(6(59)60)8(7(61)62,66(63,64)65)3-4-10(27,28)12(31,32)14(35,36)16(39,40)18(43,44)20(47,48)22(51,52)24(56,57)58;;/h5H,1-4H2,(H,59,60)(H,61,62)(H,63,64,65);;/q;2*+1/p-2. The van der Waals surface area contributed by atoms with Gasteiger partial charge in [-0.15, -0.1) is 0 Å². The molecule has 394 valence electrons. The molecular weight excluding hydrogens is 1160 g/mol. The Kier molecular flexibility index (Phi) is 20.9. The first-order chi connectivity index (χ1) is 27.9. The van der Waals surface area contributed by atoms with Crippen LogP contribution in [-0.4, -0.2) is 125 Å². The number of halogens is 34. The molecule has 0 saturated carbocycles. The molecule has 68 heavy (non-hydrogen) atoms. The van der Waals surface area contributed by atoms with Crippen molar-refractivity contribution in [2.45, 2.75) is 126 Å². The molecule has 0 spiro atoms. The summed E-state index contributed by atoms with van der Waals surface area (Å²) in [6.45, 7) is 0. The Morgan fingerprint density at radius 2 is 0.574 bits per heavy atom. The third-order valence-electron chi connectivity index (χ3n) is 8.78. The Labute approximate surface area is 434 Å².